The average molecular weight is 334 g/mol. The molecule has 0 unspecified atom stereocenters. The summed E-state index contributed by atoms with van der Waals surface area (Å²) in [5, 5.41) is 8.93. The molecule has 23 heavy (non-hydrogen) atoms. The van der Waals surface area contributed by atoms with Gasteiger partial charge in [-0.3, -0.25) is 4.57 Å². The van der Waals surface area contributed by atoms with Gasteiger partial charge in [0.25, 0.3) is 0 Å². The average Bonchev–Trinajstić information content (AvgIpc) is 3.20. The fraction of sp³-hybridized carbons (Fsp3) is 0. The van der Waals surface area contributed by atoms with Gasteiger partial charge in [0.1, 0.15) is 0 Å². The van der Waals surface area contributed by atoms with E-state index in [9.17, 15) is 0 Å². The van der Waals surface area contributed by atoms with Crippen LogP contribution in [0.2, 0.25) is 5.02 Å². The van der Waals surface area contributed by atoms with Crippen LogP contribution in [0, 0.1) is 0 Å². The first-order valence-electron chi connectivity index (χ1n) is 7.49. The van der Waals surface area contributed by atoms with Crippen molar-refractivity contribution in [3.63, 3.8) is 0 Å². The number of benzene rings is 3. The van der Waals surface area contributed by atoms with Gasteiger partial charge in [-0.2, -0.15) is 0 Å². The number of hydrogen-bond donors (Lipinski definition) is 0. The Morgan fingerprint density at radius 1 is 0.783 bits per heavy atom. The number of aromatic nitrogens is 1. The third-order valence-electron chi connectivity index (χ3n) is 4.35. The summed E-state index contributed by atoms with van der Waals surface area (Å²) < 4.78 is 2.34. The van der Waals surface area contributed by atoms with Crippen LogP contribution in [0.1, 0.15) is 0 Å². The number of rotatable bonds is 1. The maximum atomic E-state index is 6.59. The highest BCUT2D eigenvalue weighted by molar-refractivity contribution is 7.12. The minimum absolute atomic E-state index is 0.800. The first-order chi connectivity index (χ1) is 11.3. The fourth-order valence-corrected chi connectivity index (χ4v) is 4.43. The highest BCUT2D eigenvalue weighted by atomic mass is 35.5. The van der Waals surface area contributed by atoms with Crippen molar-refractivity contribution < 1.29 is 0 Å². The monoisotopic (exact) mass is 333 g/mol. The molecule has 0 aliphatic carbocycles. The van der Waals surface area contributed by atoms with E-state index in [-0.39, 0.29) is 0 Å². The van der Waals surface area contributed by atoms with Gasteiger partial charge < -0.3 is 0 Å². The van der Waals surface area contributed by atoms with E-state index in [1.165, 1.54) is 32.2 Å². The molecule has 0 fully saturated rings. The Morgan fingerprint density at radius 2 is 1.70 bits per heavy atom. The molecule has 3 aromatic carbocycles. The molecular formula is C20H12ClNS. The van der Waals surface area contributed by atoms with Crippen molar-refractivity contribution in [2.45, 2.75) is 0 Å². The van der Waals surface area contributed by atoms with Crippen molar-refractivity contribution in [1.82, 2.24) is 4.57 Å². The maximum Gasteiger partial charge on any atom is 0.1000 e. The van der Waals surface area contributed by atoms with E-state index < -0.39 is 0 Å². The molecule has 5 rings (SSSR count). The van der Waals surface area contributed by atoms with Crippen molar-refractivity contribution in [2.75, 3.05) is 0 Å². The molecule has 2 aromatic heterocycles. The van der Waals surface area contributed by atoms with E-state index in [4.69, 9.17) is 11.6 Å². The van der Waals surface area contributed by atoms with Gasteiger partial charge in [0, 0.05) is 16.2 Å². The lowest BCUT2D eigenvalue weighted by molar-refractivity contribution is 1.23. The van der Waals surface area contributed by atoms with Gasteiger partial charge in [-0.05, 0) is 35.0 Å². The standard InChI is InChI=1S/C20H12ClNS/c21-16-7-3-5-13-10-11-15-14-6-1-2-8-17(14)22(20(15)19(13)16)18-9-4-12-23-18/h1-12H. The summed E-state index contributed by atoms with van der Waals surface area (Å²) in [7, 11) is 0. The number of para-hydroxylation sites is 1. The van der Waals surface area contributed by atoms with Crippen LogP contribution in [0.25, 0.3) is 37.6 Å². The lowest BCUT2D eigenvalue weighted by Gasteiger charge is -2.08. The van der Waals surface area contributed by atoms with E-state index in [0.29, 0.717) is 0 Å². The summed E-state index contributed by atoms with van der Waals surface area (Å²) >= 11 is 8.33. The van der Waals surface area contributed by atoms with Crippen molar-refractivity contribution in [3.05, 3.63) is 77.1 Å². The molecule has 0 saturated heterocycles. The third-order valence-corrected chi connectivity index (χ3v) is 5.52. The summed E-state index contributed by atoms with van der Waals surface area (Å²) in [5.74, 6) is 0. The Kier molecular flexibility index (Phi) is 2.78. The molecule has 0 bridgehead atoms. The molecule has 1 nitrogen and oxygen atoms in total. The van der Waals surface area contributed by atoms with Gasteiger partial charge in [0.15, 0.2) is 0 Å². The largest absolute Gasteiger partial charge is 0.300 e. The highest BCUT2D eigenvalue weighted by Gasteiger charge is 2.16. The number of thiophene rings is 1. The van der Waals surface area contributed by atoms with Crippen LogP contribution < -0.4 is 0 Å². The lowest BCUT2D eigenvalue weighted by Crippen LogP contribution is -1.91. The Morgan fingerprint density at radius 3 is 2.57 bits per heavy atom. The minimum atomic E-state index is 0.800. The smallest absolute Gasteiger partial charge is 0.1000 e. The topological polar surface area (TPSA) is 4.93 Å². The van der Waals surface area contributed by atoms with Crippen molar-refractivity contribution in [2.24, 2.45) is 0 Å². The van der Waals surface area contributed by atoms with Crippen LogP contribution >= 0.6 is 22.9 Å². The van der Waals surface area contributed by atoms with Gasteiger partial charge in [0.2, 0.25) is 0 Å². The van der Waals surface area contributed by atoms with E-state index >= 15 is 0 Å². The Bertz CT molecular complexity index is 1170. The molecule has 0 N–H and O–H groups in total. The van der Waals surface area contributed by atoms with E-state index in [0.717, 1.165) is 10.4 Å². The normalized spacial score (nSPS) is 11.7. The third kappa shape index (κ3) is 1.79. The van der Waals surface area contributed by atoms with Crippen LogP contribution in [0.3, 0.4) is 0 Å². The molecule has 110 valence electrons. The predicted octanol–water partition coefficient (Wildman–Crippen LogP) is 6.65. The first kappa shape index (κ1) is 13.2. The Hall–Kier alpha value is -2.29. The summed E-state index contributed by atoms with van der Waals surface area (Å²) in [4.78, 5) is 0. The fourth-order valence-electron chi connectivity index (χ4n) is 3.41. The van der Waals surface area contributed by atoms with E-state index in [1.807, 2.05) is 12.1 Å². The molecule has 0 aliphatic heterocycles. The highest BCUT2D eigenvalue weighted by Crippen LogP contribution is 2.39. The molecule has 0 radical (unpaired) electrons. The number of nitrogens with zero attached hydrogens (tertiary/aromatic N) is 1. The predicted molar refractivity (Wildman–Crippen MR) is 101 cm³/mol. The second kappa shape index (κ2) is 4.85. The molecule has 3 heteroatoms. The molecular weight excluding hydrogens is 322 g/mol. The van der Waals surface area contributed by atoms with E-state index in [2.05, 4.69) is 64.5 Å². The molecule has 0 atom stereocenters. The van der Waals surface area contributed by atoms with Gasteiger partial charge in [-0.25, -0.2) is 0 Å². The zero-order valence-corrected chi connectivity index (χ0v) is 13.7. The molecule has 2 heterocycles. The Labute approximate surface area is 142 Å². The van der Waals surface area contributed by atoms with Gasteiger partial charge >= 0.3 is 0 Å². The molecule has 5 aromatic rings. The molecule has 0 aliphatic rings. The quantitative estimate of drug-likeness (QED) is 0.323. The molecule has 0 spiro atoms. The first-order valence-corrected chi connectivity index (χ1v) is 8.74. The van der Waals surface area contributed by atoms with Crippen LogP contribution in [0.4, 0.5) is 0 Å². The van der Waals surface area contributed by atoms with Gasteiger partial charge in [0.05, 0.1) is 21.1 Å². The minimum Gasteiger partial charge on any atom is -0.300 e. The van der Waals surface area contributed by atoms with Gasteiger partial charge in [-0.15, -0.1) is 11.3 Å². The molecule has 0 amide bonds. The van der Waals surface area contributed by atoms with Crippen molar-refractivity contribution >= 4 is 55.5 Å². The van der Waals surface area contributed by atoms with Crippen molar-refractivity contribution in [1.29, 1.82) is 0 Å². The SMILES string of the molecule is Clc1cccc2ccc3c4ccccc4n(-c4cccs4)c3c12. The summed E-state index contributed by atoms with van der Waals surface area (Å²) in [6.07, 6.45) is 0. The second-order valence-electron chi connectivity index (χ2n) is 5.60. The van der Waals surface area contributed by atoms with E-state index in [1.54, 1.807) is 11.3 Å². The number of fused-ring (bicyclic) bond motifs is 5. The van der Waals surface area contributed by atoms with Crippen molar-refractivity contribution in [3.8, 4) is 5.00 Å². The van der Waals surface area contributed by atoms with Crippen LogP contribution in [0.5, 0.6) is 0 Å². The van der Waals surface area contributed by atoms with Crippen LogP contribution in [0.15, 0.2) is 72.1 Å². The summed E-state index contributed by atoms with van der Waals surface area (Å²) in [5.41, 5.74) is 2.41. The number of hydrogen-bond acceptors (Lipinski definition) is 1. The summed E-state index contributed by atoms with van der Waals surface area (Å²) in [6, 6.07) is 23.3. The maximum absolute atomic E-state index is 6.59. The second-order valence-corrected chi connectivity index (χ2v) is 6.94. The number of halogens is 1. The van der Waals surface area contributed by atoms with Crippen LogP contribution in [-0.2, 0) is 0 Å². The lowest BCUT2D eigenvalue weighted by atomic mass is 10.1. The zero-order chi connectivity index (χ0) is 15.4. The zero-order valence-electron chi connectivity index (χ0n) is 12.2. The summed E-state index contributed by atoms with van der Waals surface area (Å²) in [6.45, 7) is 0. The van der Waals surface area contributed by atoms with Gasteiger partial charge in [-0.1, -0.05) is 54.1 Å². The van der Waals surface area contributed by atoms with Crippen LogP contribution in [-0.4, -0.2) is 4.57 Å². The molecule has 0 saturated carbocycles. The Balaban J connectivity index is 2.15.